The van der Waals surface area contributed by atoms with Gasteiger partial charge < -0.3 is 5.32 Å². The maximum Gasteiger partial charge on any atom is 0.0607 e. The summed E-state index contributed by atoms with van der Waals surface area (Å²) < 4.78 is 1.98. The molecule has 2 rings (SSSR count). The smallest absolute Gasteiger partial charge is 0.0607 e. The zero-order chi connectivity index (χ0) is 14.4. The molecule has 3 nitrogen and oxygen atoms in total. The van der Waals surface area contributed by atoms with Crippen molar-refractivity contribution < 1.29 is 0 Å². The predicted molar refractivity (Wildman–Crippen MR) is 83.9 cm³/mol. The van der Waals surface area contributed by atoms with Crippen molar-refractivity contribution >= 4 is 0 Å². The molecule has 0 bridgehead atoms. The van der Waals surface area contributed by atoms with Crippen LogP contribution in [0.5, 0.6) is 0 Å². The Hall–Kier alpha value is -1.61. The normalized spacial score (nSPS) is 12.6. The summed E-state index contributed by atoms with van der Waals surface area (Å²) in [4.78, 5) is 0. The molecule has 0 aliphatic rings. The van der Waals surface area contributed by atoms with Crippen molar-refractivity contribution in [1.82, 2.24) is 15.1 Å². The van der Waals surface area contributed by atoms with E-state index in [2.05, 4.69) is 61.6 Å². The first-order chi connectivity index (χ1) is 9.78. The summed E-state index contributed by atoms with van der Waals surface area (Å²) in [5.74, 6) is 0. The van der Waals surface area contributed by atoms with Gasteiger partial charge in [-0.05, 0) is 37.4 Å². The van der Waals surface area contributed by atoms with E-state index in [4.69, 9.17) is 0 Å². The molecule has 108 valence electrons. The lowest BCUT2D eigenvalue weighted by molar-refractivity contribution is 0.596. The van der Waals surface area contributed by atoms with Crippen molar-refractivity contribution in [3.63, 3.8) is 0 Å². The second kappa shape index (κ2) is 7.25. The molecule has 1 aromatic heterocycles. The lowest BCUT2D eigenvalue weighted by atomic mass is 9.99. The predicted octanol–water partition coefficient (Wildman–Crippen LogP) is 3.55. The highest BCUT2D eigenvalue weighted by Crippen LogP contribution is 2.22. The third-order valence-corrected chi connectivity index (χ3v) is 3.63. The minimum Gasteiger partial charge on any atom is -0.306 e. The van der Waals surface area contributed by atoms with E-state index in [1.54, 1.807) is 0 Å². The Balaban J connectivity index is 2.25. The lowest BCUT2D eigenvalue weighted by Crippen LogP contribution is -2.22. The molecule has 0 amide bonds. The van der Waals surface area contributed by atoms with Gasteiger partial charge in [0.05, 0.1) is 12.2 Å². The third-order valence-electron chi connectivity index (χ3n) is 3.63. The molecule has 3 heteroatoms. The van der Waals surface area contributed by atoms with Crippen LogP contribution in [0.1, 0.15) is 49.9 Å². The summed E-state index contributed by atoms with van der Waals surface area (Å²) in [6.07, 6.45) is 6.33. The summed E-state index contributed by atoms with van der Waals surface area (Å²) >= 11 is 0. The van der Waals surface area contributed by atoms with Crippen LogP contribution in [-0.4, -0.2) is 16.3 Å². The number of benzene rings is 1. The molecule has 1 atom stereocenters. The van der Waals surface area contributed by atoms with Gasteiger partial charge >= 0.3 is 0 Å². The summed E-state index contributed by atoms with van der Waals surface area (Å²) in [6, 6.07) is 9.15. The molecule has 0 spiro atoms. The molecule has 2 aromatic rings. The molecule has 1 heterocycles. The van der Waals surface area contributed by atoms with Gasteiger partial charge in [-0.25, -0.2) is 0 Å². The van der Waals surface area contributed by atoms with Crippen LogP contribution in [0.25, 0.3) is 0 Å². The van der Waals surface area contributed by atoms with Crippen molar-refractivity contribution in [2.45, 2.75) is 46.2 Å². The monoisotopic (exact) mass is 271 g/mol. The van der Waals surface area contributed by atoms with Crippen LogP contribution in [0.4, 0.5) is 0 Å². The highest BCUT2D eigenvalue weighted by molar-refractivity contribution is 5.31. The first kappa shape index (κ1) is 14.8. The van der Waals surface area contributed by atoms with Crippen LogP contribution in [0.2, 0.25) is 0 Å². The standard InChI is InChI=1S/C17H25N3/c1-4-11-18-17(16-12-19-20(6-3)13-16)15-9-7-14(5-2)8-10-15/h7-10,12-13,17-18H,4-6,11H2,1-3H3. The van der Waals surface area contributed by atoms with Crippen LogP contribution in [-0.2, 0) is 13.0 Å². The highest BCUT2D eigenvalue weighted by atomic mass is 15.3. The fraction of sp³-hybridized carbons (Fsp3) is 0.471. The molecular weight excluding hydrogens is 246 g/mol. The van der Waals surface area contributed by atoms with Crippen molar-refractivity contribution in [3.8, 4) is 0 Å². The maximum atomic E-state index is 4.40. The Labute approximate surface area is 122 Å². The van der Waals surface area contributed by atoms with Gasteiger partial charge in [0, 0.05) is 18.3 Å². The summed E-state index contributed by atoms with van der Waals surface area (Å²) in [7, 11) is 0. The quantitative estimate of drug-likeness (QED) is 0.834. The highest BCUT2D eigenvalue weighted by Gasteiger charge is 2.15. The molecule has 0 aliphatic carbocycles. The largest absolute Gasteiger partial charge is 0.306 e. The number of rotatable bonds is 7. The Morgan fingerprint density at radius 3 is 2.40 bits per heavy atom. The van der Waals surface area contributed by atoms with E-state index in [9.17, 15) is 0 Å². The van der Waals surface area contributed by atoms with Crippen molar-refractivity contribution in [3.05, 3.63) is 53.3 Å². The van der Waals surface area contributed by atoms with Gasteiger partial charge in [0.25, 0.3) is 0 Å². The molecule has 0 radical (unpaired) electrons. The molecule has 1 N–H and O–H groups in total. The second-order valence-electron chi connectivity index (χ2n) is 5.11. The van der Waals surface area contributed by atoms with E-state index < -0.39 is 0 Å². The third kappa shape index (κ3) is 3.48. The van der Waals surface area contributed by atoms with E-state index in [0.717, 1.165) is 25.9 Å². The van der Waals surface area contributed by atoms with E-state index in [-0.39, 0.29) is 6.04 Å². The van der Waals surface area contributed by atoms with Crippen molar-refractivity contribution in [1.29, 1.82) is 0 Å². The van der Waals surface area contributed by atoms with Gasteiger partial charge in [0.1, 0.15) is 0 Å². The molecule has 1 unspecified atom stereocenters. The number of aromatic nitrogens is 2. The SMILES string of the molecule is CCCNC(c1ccc(CC)cc1)c1cnn(CC)c1. The Kier molecular flexibility index (Phi) is 5.36. The number of aryl methyl sites for hydroxylation is 2. The number of hydrogen-bond donors (Lipinski definition) is 1. The molecule has 0 aliphatic heterocycles. The van der Waals surface area contributed by atoms with Gasteiger partial charge in [0.2, 0.25) is 0 Å². The molecule has 0 saturated carbocycles. The van der Waals surface area contributed by atoms with Crippen molar-refractivity contribution in [2.24, 2.45) is 0 Å². The van der Waals surface area contributed by atoms with Crippen LogP contribution >= 0.6 is 0 Å². The van der Waals surface area contributed by atoms with Crippen molar-refractivity contribution in [2.75, 3.05) is 6.54 Å². The lowest BCUT2D eigenvalue weighted by Gasteiger charge is -2.18. The minimum absolute atomic E-state index is 0.237. The Morgan fingerprint density at radius 2 is 1.85 bits per heavy atom. The average molecular weight is 271 g/mol. The van der Waals surface area contributed by atoms with E-state index in [0.29, 0.717) is 0 Å². The fourth-order valence-electron chi connectivity index (χ4n) is 2.36. The summed E-state index contributed by atoms with van der Waals surface area (Å²) in [5, 5.41) is 8.02. The van der Waals surface area contributed by atoms with E-state index in [1.807, 2.05) is 10.9 Å². The minimum atomic E-state index is 0.237. The first-order valence-electron chi connectivity index (χ1n) is 7.63. The number of nitrogens with zero attached hydrogens (tertiary/aromatic N) is 2. The number of hydrogen-bond acceptors (Lipinski definition) is 2. The summed E-state index contributed by atoms with van der Waals surface area (Å²) in [5.41, 5.74) is 3.93. The molecular formula is C17H25N3. The van der Waals surface area contributed by atoms with E-state index in [1.165, 1.54) is 16.7 Å². The zero-order valence-corrected chi connectivity index (χ0v) is 12.8. The maximum absolute atomic E-state index is 4.40. The Morgan fingerprint density at radius 1 is 1.10 bits per heavy atom. The second-order valence-corrected chi connectivity index (χ2v) is 5.11. The van der Waals surface area contributed by atoms with Gasteiger partial charge in [-0.15, -0.1) is 0 Å². The van der Waals surface area contributed by atoms with E-state index >= 15 is 0 Å². The van der Waals surface area contributed by atoms with Crippen LogP contribution in [0.15, 0.2) is 36.7 Å². The average Bonchev–Trinajstić information content (AvgIpc) is 2.97. The zero-order valence-electron chi connectivity index (χ0n) is 12.8. The first-order valence-corrected chi connectivity index (χ1v) is 7.63. The number of nitrogens with one attached hydrogen (secondary N) is 1. The van der Waals surface area contributed by atoms with Crippen LogP contribution < -0.4 is 5.32 Å². The molecule has 20 heavy (non-hydrogen) atoms. The Bertz CT molecular complexity index is 513. The molecule has 0 saturated heterocycles. The van der Waals surface area contributed by atoms with Gasteiger partial charge in [-0.3, -0.25) is 4.68 Å². The van der Waals surface area contributed by atoms with Gasteiger partial charge in [-0.2, -0.15) is 5.10 Å². The van der Waals surface area contributed by atoms with Gasteiger partial charge in [-0.1, -0.05) is 38.1 Å². The summed E-state index contributed by atoms with van der Waals surface area (Å²) in [6.45, 7) is 8.42. The van der Waals surface area contributed by atoms with Crippen LogP contribution in [0.3, 0.4) is 0 Å². The molecule has 0 fully saturated rings. The van der Waals surface area contributed by atoms with Crippen LogP contribution in [0, 0.1) is 0 Å². The topological polar surface area (TPSA) is 29.9 Å². The molecule has 1 aromatic carbocycles. The fourth-order valence-corrected chi connectivity index (χ4v) is 2.36. The van der Waals surface area contributed by atoms with Gasteiger partial charge in [0.15, 0.2) is 0 Å².